The Kier molecular flexibility index (Phi) is 5.34. The van der Waals surface area contributed by atoms with E-state index in [2.05, 4.69) is 9.82 Å². The molecule has 0 unspecified atom stereocenters. The highest BCUT2D eigenvalue weighted by Gasteiger charge is 2.26. The average Bonchev–Trinajstić information content (AvgIpc) is 2.63. The second kappa shape index (κ2) is 6.24. The molecule has 0 aromatic carbocycles. The van der Waals surface area contributed by atoms with Gasteiger partial charge in [0.05, 0.1) is 17.9 Å². The van der Waals surface area contributed by atoms with E-state index in [9.17, 15) is 8.42 Å². The molecule has 0 radical (unpaired) electrons. The molecule has 0 fully saturated rings. The maximum atomic E-state index is 12.5. The summed E-state index contributed by atoms with van der Waals surface area (Å²) in [7, 11) is -3.54. The van der Waals surface area contributed by atoms with E-state index < -0.39 is 10.0 Å². The number of nitrogens with two attached hydrogens (primary N) is 1. The first-order valence-electron chi connectivity index (χ1n) is 6.88. The van der Waals surface area contributed by atoms with Crippen molar-refractivity contribution in [1.82, 2.24) is 14.5 Å². The first kappa shape index (κ1) is 17.1. The number of hydrogen-bond acceptors (Lipinski definition) is 4. The van der Waals surface area contributed by atoms with Gasteiger partial charge in [0.1, 0.15) is 4.90 Å². The van der Waals surface area contributed by atoms with E-state index in [-0.39, 0.29) is 10.3 Å². The molecule has 1 aromatic heterocycles. The predicted molar refractivity (Wildman–Crippen MR) is 80.0 cm³/mol. The molecule has 116 valence electrons. The van der Waals surface area contributed by atoms with Crippen LogP contribution in [0.3, 0.4) is 0 Å². The van der Waals surface area contributed by atoms with Crippen molar-refractivity contribution in [3.8, 4) is 0 Å². The third-order valence-electron chi connectivity index (χ3n) is 3.62. The van der Waals surface area contributed by atoms with Gasteiger partial charge in [-0.1, -0.05) is 20.8 Å². The maximum absolute atomic E-state index is 12.5. The van der Waals surface area contributed by atoms with E-state index in [4.69, 9.17) is 5.73 Å². The second-order valence-corrected chi connectivity index (χ2v) is 7.56. The van der Waals surface area contributed by atoms with Crippen LogP contribution < -0.4 is 10.5 Å². The van der Waals surface area contributed by atoms with Gasteiger partial charge in [-0.2, -0.15) is 5.10 Å². The number of nitrogens with one attached hydrogen (secondary N) is 1. The van der Waals surface area contributed by atoms with Gasteiger partial charge in [0, 0.05) is 13.1 Å². The van der Waals surface area contributed by atoms with Crippen molar-refractivity contribution in [3.63, 3.8) is 0 Å². The lowest BCUT2D eigenvalue weighted by Gasteiger charge is -2.22. The highest BCUT2D eigenvalue weighted by molar-refractivity contribution is 7.89. The number of sulfonamides is 1. The number of nitrogens with zero attached hydrogens (tertiary/aromatic N) is 2. The summed E-state index contributed by atoms with van der Waals surface area (Å²) in [6.45, 7) is 10.9. The van der Waals surface area contributed by atoms with E-state index in [1.807, 2.05) is 20.8 Å². The van der Waals surface area contributed by atoms with Gasteiger partial charge in [-0.15, -0.1) is 0 Å². The van der Waals surface area contributed by atoms with Crippen molar-refractivity contribution in [3.05, 3.63) is 11.4 Å². The monoisotopic (exact) mass is 302 g/mol. The van der Waals surface area contributed by atoms with Crippen LogP contribution in [0.4, 0.5) is 0 Å². The van der Waals surface area contributed by atoms with Gasteiger partial charge in [0.15, 0.2) is 0 Å². The van der Waals surface area contributed by atoms with Gasteiger partial charge in [0.25, 0.3) is 0 Å². The van der Waals surface area contributed by atoms with Crippen molar-refractivity contribution < 1.29 is 8.42 Å². The van der Waals surface area contributed by atoms with E-state index >= 15 is 0 Å². The first-order chi connectivity index (χ1) is 9.14. The Labute approximate surface area is 121 Å². The van der Waals surface area contributed by atoms with E-state index in [0.29, 0.717) is 31.0 Å². The van der Waals surface area contributed by atoms with Crippen molar-refractivity contribution in [2.75, 3.05) is 13.1 Å². The van der Waals surface area contributed by atoms with Crippen LogP contribution in [0.2, 0.25) is 0 Å². The fourth-order valence-corrected chi connectivity index (χ4v) is 3.55. The maximum Gasteiger partial charge on any atom is 0.244 e. The molecule has 0 saturated carbocycles. The molecule has 0 spiro atoms. The largest absolute Gasteiger partial charge is 0.329 e. The van der Waals surface area contributed by atoms with Crippen LogP contribution in [-0.4, -0.2) is 31.3 Å². The minimum Gasteiger partial charge on any atom is -0.329 e. The zero-order chi connectivity index (χ0) is 15.6. The average molecular weight is 302 g/mol. The molecular weight excluding hydrogens is 276 g/mol. The lowest BCUT2D eigenvalue weighted by Crippen LogP contribution is -2.34. The predicted octanol–water partition coefficient (Wildman–Crippen LogP) is 1.17. The molecule has 20 heavy (non-hydrogen) atoms. The molecule has 0 bridgehead atoms. The van der Waals surface area contributed by atoms with Gasteiger partial charge in [-0.05, 0) is 25.7 Å². The Bertz CT molecular complexity index is 561. The van der Waals surface area contributed by atoms with Crippen molar-refractivity contribution in [1.29, 1.82) is 0 Å². The molecule has 1 rings (SSSR count). The van der Waals surface area contributed by atoms with Crippen LogP contribution >= 0.6 is 0 Å². The van der Waals surface area contributed by atoms with Gasteiger partial charge in [-0.25, -0.2) is 13.1 Å². The Morgan fingerprint density at radius 2 is 1.95 bits per heavy atom. The molecule has 1 aromatic rings. The lowest BCUT2D eigenvalue weighted by atomic mass is 9.91. The minimum absolute atomic E-state index is 0.0673. The summed E-state index contributed by atoms with van der Waals surface area (Å²) in [5.41, 5.74) is 6.58. The van der Waals surface area contributed by atoms with Crippen LogP contribution in [0.25, 0.3) is 0 Å². The second-order valence-electron chi connectivity index (χ2n) is 5.85. The Morgan fingerprint density at radius 1 is 1.35 bits per heavy atom. The quantitative estimate of drug-likeness (QED) is 0.791. The minimum atomic E-state index is -3.54. The summed E-state index contributed by atoms with van der Waals surface area (Å²) in [4.78, 5) is 0.276. The highest BCUT2D eigenvalue weighted by atomic mass is 32.2. The number of aromatic nitrogens is 2. The van der Waals surface area contributed by atoms with Gasteiger partial charge < -0.3 is 5.73 Å². The summed E-state index contributed by atoms with van der Waals surface area (Å²) in [5, 5.41) is 4.25. The highest BCUT2D eigenvalue weighted by Crippen LogP contribution is 2.22. The summed E-state index contributed by atoms with van der Waals surface area (Å²) in [6.07, 6.45) is 0.903. The zero-order valence-electron chi connectivity index (χ0n) is 13.0. The van der Waals surface area contributed by atoms with Crippen molar-refractivity contribution >= 4 is 10.0 Å². The Morgan fingerprint density at radius 3 is 2.45 bits per heavy atom. The fourth-order valence-electron chi connectivity index (χ4n) is 1.90. The van der Waals surface area contributed by atoms with Gasteiger partial charge in [0.2, 0.25) is 10.0 Å². The topological polar surface area (TPSA) is 90.0 Å². The summed E-state index contributed by atoms with van der Waals surface area (Å²) >= 11 is 0. The van der Waals surface area contributed by atoms with E-state index in [1.165, 1.54) is 0 Å². The van der Waals surface area contributed by atoms with Crippen molar-refractivity contribution in [2.45, 2.75) is 52.5 Å². The summed E-state index contributed by atoms with van der Waals surface area (Å²) in [5.74, 6) is 0. The number of hydrogen-bond donors (Lipinski definition) is 2. The molecule has 3 N–H and O–H groups in total. The SMILES string of the molecule is CCC(C)(C)CNS(=O)(=O)c1c(C)nn(CCN)c1C. The fraction of sp³-hybridized carbons (Fsp3) is 0.769. The zero-order valence-corrected chi connectivity index (χ0v) is 13.8. The molecule has 1 heterocycles. The molecule has 6 nitrogen and oxygen atoms in total. The number of aryl methyl sites for hydroxylation is 1. The molecule has 0 aliphatic heterocycles. The van der Waals surface area contributed by atoms with Crippen LogP contribution in [-0.2, 0) is 16.6 Å². The summed E-state index contributed by atoms with van der Waals surface area (Å²) < 4.78 is 29.3. The first-order valence-corrected chi connectivity index (χ1v) is 8.36. The normalized spacial score (nSPS) is 12.9. The van der Waals surface area contributed by atoms with Crippen LogP contribution in [0.1, 0.15) is 38.6 Å². The van der Waals surface area contributed by atoms with Crippen molar-refractivity contribution in [2.24, 2.45) is 11.1 Å². The molecular formula is C13H26N4O2S. The van der Waals surface area contributed by atoms with Crippen LogP contribution in [0, 0.1) is 19.3 Å². The Hall–Kier alpha value is -0.920. The van der Waals surface area contributed by atoms with Crippen LogP contribution in [0.5, 0.6) is 0 Å². The molecule has 7 heteroatoms. The molecule has 0 aliphatic carbocycles. The van der Waals surface area contributed by atoms with Gasteiger partial charge in [-0.3, -0.25) is 4.68 Å². The molecule has 0 amide bonds. The van der Waals surface area contributed by atoms with E-state index in [1.54, 1.807) is 18.5 Å². The smallest absolute Gasteiger partial charge is 0.244 e. The van der Waals surface area contributed by atoms with Crippen LogP contribution in [0.15, 0.2) is 4.90 Å². The third kappa shape index (κ3) is 3.80. The molecule has 0 aliphatic rings. The lowest BCUT2D eigenvalue weighted by molar-refractivity contribution is 0.350. The number of rotatable bonds is 7. The molecule has 0 atom stereocenters. The van der Waals surface area contributed by atoms with Gasteiger partial charge >= 0.3 is 0 Å². The third-order valence-corrected chi connectivity index (χ3v) is 5.28. The summed E-state index contributed by atoms with van der Waals surface area (Å²) in [6, 6.07) is 0. The Balaban J connectivity index is 3.04. The molecule has 0 saturated heterocycles. The van der Waals surface area contributed by atoms with E-state index in [0.717, 1.165) is 6.42 Å². The standard InChI is InChI=1S/C13H26N4O2S/c1-6-13(4,5)9-15-20(18,19)12-10(2)16-17(8-7-14)11(12)3/h15H,6-9,14H2,1-5H3.